The van der Waals surface area contributed by atoms with Crippen LogP contribution < -0.4 is 4.74 Å². The van der Waals surface area contributed by atoms with Gasteiger partial charge < -0.3 is 9.15 Å². The number of fused-ring (bicyclic) bond motifs is 1. The van der Waals surface area contributed by atoms with Gasteiger partial charge >= 0.3 is 0 Å². The summed E-state index contributed by atoms with van der Waals surface area (Å²) in [6.45, 7) is 0.334. The van der Waals surface area contributed by atoms with Crippen LogP contribution in [0.25, 0.3) is 11.0 Å². The zero-order valence-electron chi connectivity index (χ0n) is 9.60. The van der Waals surface area contributed by atoms with Crippen LogP contribution >= 0.6 is 0 Å². The van der Waals surface area contributed by atoms with Crippen molar-refractivity contribution in [2.24, 2.45) is 0 Å². The largest absolute Gasteiger partial charge is 0.486 e. The Kier molecular flexibility index (Phi) is 2.73. The molecule has 3 aromatic rings. The minimum absolute atomic E-state index is 0.265. The van der Waals surface area contributed by atoms with Crippen LogP contribution in [0, 0.1) is 5.82 Å². The summed E-state index contributed by atoms with van der Waals surface area (Å²) in [5.41, 5.74) is 0.670. The molecular formula is C15H11FO2. The van der Waals surface area contributed by atoms with Crippen molar-refractivity contribution >= 4 is 11.0 Å². The molecule has 2 nitrogen and oxygen atoms in total. The molecule has 0 atom stereocenters. The van der Waals surface area contributed by atoms with Gasteiger partial charge in [0, 0.05) is 5.39 Å². The monoisotopic (exact) mass is 242 g/mol. The molecule has 1 heterocycles. The summed E-state index contributed by atoms with van der Waals surface area (Å²) < 4.78 is 24.1. The van der Waals surface area contributed by atoms with Gasteiger partial charge in [-0.05, 0) is 36.4 Å². The quantitative estimate of drug-likeness (QED) is 0.688. The lowest BCUT2D eigenvalue weighted by Gasteiger charge is -2.02. The Morgan fingerprint density at radius 1 is 1.00 bits per heavy atom. The van der Waals surface area contributed by atoms with E-state index in [1.54, 1.807) is 12.1 Å². The second-order valence-corrected chi connectivity index (χ2v) is 4.00. The molecule has 2 aromatic carbocycles. The number of halogens is 1. The van der Waals surface area contributed by atoms with Crippen LogP contribution in [0.15, 0.2) is 59.0 Å². The molecule has 0 N–H and O–H groups in total. The molecule has 0 fully saturated rings. The van der Waals surface area contributed by atoms with E-state index < -0.39 is 0 Å². The standard InChI is InChI=1S/C15H11FO2/c16-12-6-7-15-11(8-12)9-14(18-15)10-17-13-4-2-1-3-5-13/h1-9H,10H2. The highest BCUT2D eigenvalue weighted by Gasteiger charge is 2.05. The van der Waals surface area contributed by atoms with Crippen LogP contribution in [0.1, 0.15) is 5.76 Å². The molecule has 0 aliphatic rings. The van der Waals surface area contributed by atoms with Crippen molar-refractivity contribution in [1.82, 2.24) is 0 Å². The Bertz CT molecular complexity index is 659. The summed E-state index contributed by atoms with van der Waals surface area (Å²) in [6.07, 6.45) is 0. The van der Waals surface area contributed by atoms with Crippen LogP contribution in [0.4, 0.5) is 4.39 Å². The predicted octanol–water partition coefficient (Wildman–Crippen LogP) is 4.15. The van der Waals surface area contributed by atoms with E-state index in [2.05, 4.69) is 0 Å². The first-order valence-corrected chi connectivity index (χ1v) is 5.67. The van der Waals surface area contributed by atoms with Crippen molar-refractivity contribution in [2.75, 3.05) is 0 Å². The molecule has 0 bridgehead atoms. The molecule has 90 valence electrons. The normalized spacial score (nSPS) is 10.7. The van der Waals surface area contributed by atoms with Gasteiger partial charge in [0.2, 0.25) is 0 Å². The number of furan rings is 1. The van der Waals surface area contributed by atoms with Gasteiger partial charge in [-0.2, -0.15) is 0 Å². The van der Waals surface area contributed by atoms with Gasteiger partial charge in [-0.15, -0.1) is 0 Å². The molecule has 3 rings (SSSR count). The first kappa shape index (κ1) is 10.8. The summed E-state index contributed by atoms with van der Waals surface area (Å²) in [6, 6.07) is 15.7. The summed E-state index contributed by atoms with van der Waals surface area (Å²) in [4.78, 5) is 0. The minimum atomic E-state index is -0.265. The smallest absolute Gasteiger partial charge is 0.146 e. The maximum Gasteiger partial charge on any atom is 0.146 e. The third kappa shape index (κ3) is 2.20. The minimum Gasteiger partial charge on any atom is -0.486 e. The molecule has 18 heavy (non-hydrogen) atoms. The highest BCUT2D eigenvalue weighted by Crippen LogP contribution is 2.21. The number of rotatable bonds is 3. The van der Waals surface area contributed by atoms with Crippen molar-refractivity contribution in [2.45, 2.75) is 6.61 Å². The fourth-order valence-corrected chi connectivity index (χ4v) is 1.81. The van der Waals surface area contributed by atoms with E-state index in [-0.39, 0.29) is 5.82 Å². The van der Waals surface area contributed by atoms with E-state index in [1.807, 2.05) is 30.3 Å². The topological polar surface area (TPSA) is 22.4 Å². The van der Waals surface area contributed by atoms with E-state index in [1.165, 1.54) is 12.1 Å². The average molecular weight is 242 g/mol. The van der Waals surface area contributed by atoms with Crippen LogP contribution in [0.2, 0.25) is 0 Å². The molecular weight excluding hydrogens is 231 g/mol. The molecule has 1 aromatic heterocycles. The molecule has 0 saturated carbocycles. The van der Waals surface area contributed by atoms with Crippen LogP contribution in [0.5, 0.6) is 5.75 Å². The number of hydrogen-bond acceptors (Lipinski definition) is 2. The number of benzene rings is 2. The third-order valence-corrected chi connectivity index (χ3v) is 2.65. The summed E-state index contributed by atoms with van der Waals surface area (Å²) in [5.74, 6) is 1.20. The molecule has 0 spiro atoms. The van der Waals surface area contributed by atoms with Gasteiger partial charge in [0.15, 0.2) is 0 Å². The Labute approximate surface area is 104 Å². The van der Waals surface area contributed by atoms with Gasteiger partial charge in [-0.3, -0.25) is 0 Å². The molecule has 0 saturated heterocycles. The first-order valence-electron chi connectivity index (χ1n) is 5.67. The second kappa shape index (κ2) is 4.53. The highest BCUT2D eigenvalue weighted by atomic mass is 19.1. The molecule has 3 heteroatoms. The highest BCUT2D eigenvalue weighted by molar-refractivity contribution is 5.77. The van der Waals surface area contributed by atoms with Crippen molar-refractivity contribution in [1.29, 1.82) is 0 Å². The zero-order chi connectivity index (χ0) is 12.4. The Morgan fingerprint density at radius 2 is 1.83 bits per heavy atom. The summed E-state index contributed by atoms with van der Waals surface area (Å²) in [5, 5.41) is 0.752. The van der Waals surface area contributed by atoms with Crippen molar-refractivity contribution in [3.05, 3.63) is 66.2 Å². The van der Waals surface area contributed by atoms with E-state index in [4.69, 9.17) is 9.15 Å². The Morgan fingerprint density at radius 3 is 2.67 bits per heavy atom. The van der Waals surface area contributed by atoms with Crippen LogP contribution in [-0.4, -0.2) is 0 Å². The van der Waals surface area contributed by atoms with E-state index >= 15 is 0 Å². The lowest BCUT2D eigenvalue weighted by atomic mass is 10.2. The van der Waals surface area contributed by atoms with Crippen LogP contribution in [0.3, 0.4) is 0 Å². The fourth-order valence-electron chi connectivity index (χ4n) is 1.81. The van der Waals surface area contributed by atoms with Gasteiger partial charge in [0.25, 0.3) is 0 Å². The number of para-hydroxylation sites is 1. The molecule has 0 aliphatic carbocycles. The number of hydrogen-bond donors (Lipinski definition) is 0. The summed E-state index contributed by atoms with van der Waals surface area (Å²) in [7, 11) is 0. The van der Waals surface area contributed by atoms with E-state index in [0.29, 0.717) is 18.0 Å². The maximum absolute atomic E-state index is 13.0. The Balaban J connectivity index is 1.79. The molecule has 0 unspecified atom stereocenters. The fraction of sp³-hybridized carbons (Fsp3) is 0.0667. The summed E-state index contributed by atoms with van der Waals surface area (Å²) >= 11 is 0. The van der Waals surface area contributed by atoms with Gasteiger partial charge in [0.1, 0.15) is 29.5 Å². The van der Waals surface area contributed by atoms with E-state index in [9.17, 15) is 4.39 Å². The van der Waals surface area contributed by atoms with Gasteiger partial charge in [0.05, 0.1) is 0 Å². The second-order valence-electron chi connectivity index (χ2n) is 4.00. The SMILES string of the molecule is Fc1ccc2oc(COc3ccccc3)cc2c1. The maximum atomic E-state index is 13.0. The molecule has 0 amide bonds. The first-order chi connectivity index (χ1) is 8.81. The Hall–Kier alpha value is -2.29. The number of ether oxygens (including phenoxy) is 1. The average Bonchev–Trinajstić information content (AvgIpc) is 2.79. The van der Waals surface area contributed by atoms with Crippen molar-refractivity contribution in [3.8, 4) is 5.75 Å². The van der Waals surface area contributed by atoms with Crippen molar-refractivity contribution < 1.29 is 13.5 Å². The zero-order valence-corrected chi connectivity index (χ0v) is 9.60. The van der Waals surface area contributed by atoms with E-state index in [0.717, 1.165) is 11.1 Å². The lowest BCUT2D eigenvalue weighted by molar-refractivity contribution is 0.274. The third-order valence-electron chi connectivity index (χ3n) is 2.65. The van der Waals surface area contributed by atoms with Gasteiger partial charge in [-0.25, -0.2) is 4.39 Å². The predicted molar refractivity (Wildman–Crippen MR) is 66.9 cm³/mol. The van der Waals surface area contributed by atoms with Gasteiger partial charge in [-0.1, -0.05) is 18.2 Å². The molecule has 0 radical (unpaired) electrons. The molecule has 0 aliphatic heterocycles. The van der Waals surface area contributed by atoms with Crippen molar-refractivity contribution in [3.63, 3.8) is 0 Å². The van der Waals surface area contributed by atoms with Crippen LogP contribution in [-0.2, 0) is 6.61 Å². The lowest BCUT2D eigenvalue weighted by Crippen LogP contribution is -1.92.